The van der Waals surface area contributed by atoms with E-state index in [-0.39, 0.29) is 18.0 Å². The molecule has 0 saturated carbocycles. The Morgan fingerprint density at radius 3 is 2.83 bits per heavy atom. The number of azo groups is 1. The van der Waals surface area contributed by atoms with Crippen LogP contribution in [0.2, 0.25) is 0 Å². The van der Waals surface area contributed by atoms with Crippen LogP contribution in [0.4, 0.5) is 4.79 Å². The van der Waals surface area contributed by atoms with Crippen molar-refractivity contribution in [2.75, 3.05) is 6.54 Å². The number of carbonyl (C=O) groups is 2. The summed E-state index contributed by atoms with van der Waals surface area (Å²) in [4.78, 5) is 23.7. The van der Waals surface area contributed by atoms with Gasteiger partial charge in [-0.2, -0.15) is 0 Å². The minimum absolute atomic E-state index is 0.269. The fourth-order valence-corrected chi connectivity index (χ4v) is 1.63. The maximum absolute atomic E-state index is 11.1. The molecule has 2 aliphatic heterocycles. The summed E-state index contributed by atoms with van der Waals surface area (Å²) in [5.74, 6) is -0.269. The number of rotatable bonds is 0. The maximum atomic E-state index is 11.1. The minimum Gasteiger partial charge on any atom is -0.309 e. The third kappa shape index (κ3) is 1.01. The molecule has 5 heteroatoms. The SMILES string of the molecule is O=C1N=NC(=O)N2CCCCC12. The molecule has 12 heavy (non-hydrogen) atoms. The summed E-state index contributed by atoms with van der Waals surface area (Å²) in [5, 5.41) is 6.55. The zero-order chi connectivity index (χ0) is 8.55. The Balaban J connectivity index is 2.26. The van der Waals surface area contributed by atoms with Crippen molar-refractivity contribution in [2.45, 2.75) is 25.3 Å². The van der Waals surface area contributed by atoms with Gasteiger partial charge in [0.25, 0.3) is 5.91 Å². The first-order valence-corrected chi connectivity index (χ1v) is 4.05. The molecule has 64 valence electrons. The Labute approximate surface area is 69.4 Å². The van der Waals surface area contributed by atoms with E-state index in [1.54, 1.807) is 0 Å². The van der Waals surface area contributed by atoms with Gasteiger partial charge in [0.1, 0.15) is 6.04 Å². The molecule has 1 fully saturated rings. The summed E-state index contributed by atoms with van der Waals surface area (Å²) in [7, 11) is 0. The van der Waals surface area contributed by atoms with E-state index in [2.05, 4.69) is 10.2 Å². The van der Waals surface area contributed by atoms with Gasteiger partial charge >= 0.3 is 6.03 Å². The van der Waals surface area contributed by atoms with Crippen molar-refractivity contribution in [3.63, 3.8) is 0 Å². The van der Waals surface area contributed by atoms with E-state index >= 15 is 0 Å². The van der Waals surface area contributed by atoms with E-state index in [9.17, 15) is 9.59 Å². The molecule has 5 nitrogen and oxygen atoms in total. The van der Waals surface area contributed by atoms with E-state index in [1.165, 1.54) is 4.90 Å². The van der Waals surface area contributed by atoms with Crippen LogP contribution in [0, 0.1) is 0 Å². The summed E-state index contributed by atoms with van der Waals surface area (Å²) >= 11 is 0. The van der Waals surface area contributed by atoms with Crippen LogP contribution < -0.4 is 0 Å². The molecule has 2 rings (SSSR count). The molecule has 3 amide bonds. The number of fused-ring (bicyclic) bond motifs is 1. The van der Waals surface area contributed by atoms with E-state index < -0.39 is 0 Å². The van der Waals surface area contributed by atoms with Gasteiger partial charge in [0, 0.05) is 6.54 Å². The summed E-state index contributed by atoms with van der Waals surface area (Å²) in [6, 6.07) is -0.678. The molecule has 1 unspecified atom stereocenters. The highest BCUT2D eigenvalue weighted by atomic mass is 16.2. The van der Waals surface area contributed by atoms with Gasteiger partial charge in [0.15, 0.2) is 0 Å². The highest BCUT2D eigenvalue weighted by molar-refractivity contribution is 5.91. The lowest BCUT2D eigenvalue weighted by atomic mass is 10.0. The van der Waals surface area contributed by atoms with Gasteiger partial charge in [-0.1, -0.05) is 5.11 Å². The number of amides is 3. The molecular formula is C7H9N3O2. The van der Waals surface area contributed by atoms with E-state index in [0.29, 0.717) is 6.54 Å². The average molecular weight is 167 g/mol. The third-order valence-corrected chi connectivity index (χ3v) is 2.27. The fraction of sp³-hybridized carbons (Fsp3) is 0.714. The van der Waals surface area contributed by atoms with Crippen molar-refractivity contribution in [1.82, 2.24) is 4.90 Å². The Hall–Kier alpha value is -1.26. The molecular weight excluding hydrogens is 158 g/mol. The normalized spacial score (nSPS) is 29.0. The topological polar surface area (TPSA) is 62.1 Å². The van der Waals surface area contributed by atoms with Crippen molar-refractivity contribution in [3.05, 3.63) is 0 Å². The van der Waals surface area contributed by atoms with Crippen LogP contribution >= 0.6 is 0 Å². The molecule has 0 aromatic rings. The first-order chi connectivity index (χ1) is 5.79. The number of carbonyl (C=O) groups excluding carboxylic acids is 2. The largest absolute Gasteiger partial charge is 0.362 e. The quantitative estimate of drug-likeness (QED) is 0.539. The molecule has 1 atom stereocenters. The first kappa shape index (κ1) is 7.39. The second kappa shape index (κ2) is 2.66. The van der Waals surface area contributed by atoms with Gasteiger partial charge in [0.2, 0.25) is 0 Å². The van der Waals surface area contributed by atoms with Crippen LogP contribution in [0.1, 0.15) is 19.3 Å². The van der Waals surface area contributed by atoms with Crippen LogP contribution in [0.5, 0.6) is 0 Å². The molecule has 1 saturated heterocycles. The van der Waals surface area contributed by atoms with Crippen molar-refractivity contribution >= 4 is 11.9 Å². The summed E-state index contributed by atoms with van der Waals surface area (Å²) in [6.07, 6.45) is 2.70. The van der Waals surface area contributed by atoms with Gasteiger partial charge in [-0.05, 0) is 19.3 Å². The molecule has 0 aliphatic carbocycles. The van der Waals surface area contributed by atoms with Crippen LogP contribution in [-0.4, -0.2) is 29.4 Å². The third-order valence-electron chi connectivity index (χ3n) is 2.27. The Bertz CT molecular complexity index is 235. The highest BCUT2D eigenvalue weighted by Crippen LogP contribution is 2.21. The standard InChI is InChI=1S/C7H9N3O2/c11-6-5-3-1-2-4-10(5)7(12)9-8-6/h5H,1-4H2. The number of hydrogen-bond acceptors (Lipinski definition) is 2. The number of urea groups is 1. The van der Waals surface area contributed by atoms with Crippen LogP contribution in [0.25, 0.3) is 0 Å². The minimum atomic E-state index is -0.362. The van der Waals surface area contributed by atoms with Crippen molar-refractivity contribution < 1.29 is 9.59 Å². The molecule has 2 aliphatic rings. The van der Waals surface area contributed by atoms with Gasteiger partial charge in [0.05, 0.1) is 0 Å². The second-order valence-corrected chi connectivity index (χ2v) is 3.03. The molecule has 0 N–H and O–H groups in total. The summed E-state index contributed by atoms with van der Waals surface area (Å²) in [5.41, 5.74) is 0. The van der Waals surface area contributed by atoms with Crippen molar-refractivity contribution in [1.29, 1.82) is 0 Å². The van der Waals surface area contributed by atoms with Crippen LogP contribution in [0.15, 0.2) is 10.2 Å². The lowest BCUT2D eigenvalue weighted by molar-refractivity contribution is -0.124. The van der Waals surface area contributed by atoms with Gasteiger partial charge in [-0.25, -0.2) is 4.79 Å². The number of piperidine rings is 1. The lowest BCUT2D eigenvalue weighted by Crippen LogP contribution is -2.48. The summed E-state index contributed by atoms with van der Waals surface area (Å²) < 4.78 is 0. The Morgan fingerprint density at radius 1 is 1.25 bits per heavy atom. The van der Waals surface area contributed by atoms with Gasteiger partial charge < -0.3 is 4.90 Å². The van der Waals surface area contributed by atoms with Crippen molar-refractivity contribution in [3.8, 4) is 0 Å². The predicted molar refractivity (Wildman–Crippen MR) is 39.6 cm³/mol. The maximum Gasteiger partial charge on any atom is 0.362 e. The summed E-state index contributed by atoms with van der Waals surface area (Å²) in [6.45, 7) is 0.647. The molecule has 0 spiro atoms. The Kier molecular flexibility index (Phi) is 1.64. The second-order valence-electron chi connectivity index (χ2n) is 3.03. The van der Waals surface area contributed by atoms with E-state index in [0.717, 1.165) is 19.3 Å². The lowest BCUT2D eigenvalue weighted by Gasteiger charge is -2.33. The zero-order valence-corrected chi connectivity index (χ0v) is 6.56. The van der Waals surface area contributed by atoms with Crippen LogP contribution in [0.3, 0.4) is 0 Å². The zero-order valence-electron chi connectivity index (χ0n) is 6.56. The molecule has 0 radical (unpaired) electrons. The van der Waals surface area contributed by atoms with E-state index in [4.69, 9.17) is 0 Å². The highest BCUT2D eigenvalue weighted by Gasteiger charge is 2.35. The fourth-order valence-electron chi connectivity index (χ4n) is 1.63. The number of nitrogens with zero attached hydrogens (tertiary/aromatic N) is 3. The molecule has 0 aromatic heterocycles. The van der Waals surface area contributed by atoms with Gasteiger partial charge in [-0.15, -0.1) is 5.11 Å². The van der Waals surface area contributed by atoms with Crippen molar-refractivity contribution in [2.24, 2.45) is 10.2 Å². The first-order valence-electron chi connectivity index (χ1n) is 4.05. The molecule has 0 bridgehead atoms. The molecule has 2 heterocycles. The monoisotopic (exact) mass is 167 g/mol. The molecule has 0 aromatic carbocycles. The van der Waals surface area contributed by atoms with Gasteiger partial charge in [-0.3, -0.25) is 4.79 Å². The average Bonchev–Trinajstić information content (AvgIpc) is 2.12. The number of hydrogen-bond donors (Lipinski definition) is 0. The Morgan fingerprint density at radius 2 is 2.08 bits per heavy atom. The van der Waals surface area contributed by atoms with Crippen LogP contribution in [-0.2, 0) is 4.79 Å². The van der Waals surface area contributed by atoms with E-state index in [1.807, 2.05) is 0 Å². The predicted octanol–water partition coefficient (Wildman–Crippen LogP) is 0.953. The smallest absolute Gasteiger partial charge is 0.309 e.